The molecule has 1 heterocycles. The molecular weight excluding hydrogens is 372 g/mol. The highest BCUT2D eigenvalue weighted by Crippen LogP contribution is 2.26. The Balaban J connectivity index is 2.03. The lowest BCUT2D eigenvalue weighted by Gasteiger charge is -2.29. The highest BCUT2D eigenvalue weighted by atomic mass is 16.7. The predicted molar refractivity (Wildman–Crippen MR) is 110 cm³/mol. The van der Waals surface area contributed by atoms with E-state index in [1.165, 1.54) is 0 Å². The summed E-state index contributed by atoms with van der Waals surface area (Å²) in [6, 6.07) is 8.06. The summed E-state index contributed by atoms with van der Waals surface area (Å²) in [6.07, 6.45) is 3.51. The van der Waals surface area contributed by atoms with E-state index in [0.29, 0.717) is 32.7 Å². The second kappa shape index (κ2) is 12.3. The Kier molecular flexibility index (Phi) is 10.1. The molecule has 6 heteroatoms. The van der Waals surface area contributed by atoms with Crippen LogP contribution >= 0.6 is 0 Å². The van der Waals surface area contributed by atoms with Crippen LogP contribution < -0.4 is 0 Å². The zero-order chi connectivity index (χ0) is 21.1. The summed E-state index contributed by atoms with van der Waals surface area (Å²) in [6.45, 7) is 7.74. The molecular formula is C23H36O6. The lowest BCUT2D eigenvalue weighted by Crippen LogP contribution is -2.29. The maximum Gasteiger partial charge on any atom is 0.306 e. The number of aliphatic hydroxyl groups excluding tert-OH is 1. The zero-order valence-electron chi connectivity index (χ0n) is 18.0. The second-order valence-corrected chi connectivity index (χ2v) is 8.31. The third-order valence-corrected chi connectivity index (χ3v) is 4.89. The van der Waals surface area contributed by atoms with Gasteiger partial charge in [-0.1, -0.05) is 38.1 Å². The Bertz CT molecular complexity index is 609. The number of aryl methyl sites for hydroxylation is 1. The molecule has 1 N–H and O–H groups in total. The van der Waals surface area contributed by atoms with E-state index >= 15 is 0 Å². The number of rotatable bonds is 12. The van der Waals surface area contributed by atoms with Crippen molar-refractivity contribution < 1.29 is 28.8 Å². The quantitative estimate of drug-likeness (QED) is 0.530. The summed E-state index contributed by atoms with van der Waals surface area (Å²) in [5.41, 5.74) is 1.76. The monoisotopic (exact) mass is 408 g/mol. The standard InChI is InChI=1S/C23H36O6/c1-4-27-21(25)12-11-18-8-7-9-19(14-18)20(15-26-17-23(2,3)16-24)29-22-10-5-6-13-28-22/h7-9,14,20,22,24H,4-6,10-13,15-17H2,1-3H3. The van der Waals surface area contributed by atoms with Crippen molar-refractivity contribution in [3.8, 4) is 0 Å². The van der Waals surface area contributed by atoms with Crippen LogP contribution in [0.4, 0.5) is 0 Å². The molecule has 2 atom stereocenters. The van der Waals surface area contributed by atoms with Crippen LogP contribution in [0.15, 0.2) is 24.3 Å². The van der Waals surface area contributed by atoms with Crippen molar-refractivity contribution >= 4 is 5.97 Å². The first-order valence-corrected chi connectivity index (χ1v) is 10.6. The van der Waals surface area contributed by atoms with Gasteiger partial charge in [-0.3, -0.25) is 4.79 Å². The van der Waals surface area contributed by atoms with E-state index in [-0.39, 0.29) is 30.4 Å². The van der Waals surface area contributed by atoms with Crippen LogP contribution in [0.1, 0.15) is 63.7 Å². The van der Waals surface area contributed by atoms with Gasteiger partial charge in [0.2, 0.25) is 0 Å². The number of ether oxygens (including phenoxy) is 4. The molecule has 1 fully saturated rings. The molecule has 0 amide bonds. The SMILES string of the molecule is CCOC(=O)CCc1cccc(C(COCC(C)(C)CO)OC2CCCCO2)c1. The van der Waals surface area contributed by atoms with Crippen molar-refractivity contribution in [2.75, 3.05) is 33.0 Å². The molecule has 0 saturated carbocycles. The third-order valence-electron chi connectivity index (χ3n) is 4.89. The first-order chi connectivity index (χ1) is 13.9. The second-order valence-electron chi connectivity index (χ2n) is 8.31. The topological polar surface area (TPSA) is 74.2 Å². The van der Waals surface area contributed by atoms with Gasteiger partial charge in [-0.2, -0.15) is 0 Å². The molecule has 1 aromatic carbocycles. The van der Waals surface area contributed by atoms with Crippen LogP contribution in [0.25, 0.3) is 0 Å². The largest absolute Gasteiger partial charge is 0.466 e. The highest BCUT2D eigenvalue weighted by molar-refractivity contribution is 5.69. The van der Waals surface area contributed by atoms with Gasteiger partial charge in [-0.15, -0.1) is 0 Å². The van der Waals surface area contributed by atoms with Gasteiger partial charge in [0.05, 0.1) is 26.4 Å². The average Bonchev–Trinajstić information content (AvgIpc) is 2.73. The van der Waals surface area contributed by atoms with Crippen molar-refractivity contribution in [3.05, 3.63) is 35.4 Å². The molecule has 2 rings (SSSR count). The summed E-state index contributed by atoms with van der Waals surface area (Å²) in [5.74, 6) is -0.184. The molecule has 0 spiro atoms. The minimum Gasteiger partial charge on any atom is -0.466 e. The van der Waals surface area contributed by atoms with E-state index in [1.807, 2.05) is 39.0 Å². The van der Waals surface area contributed by atoms with E-state index in [0.717, 1.165) is 37.0 Å². The molecule has 29 heavy (non-hydrogen) atoms. The smallest absolute Gasteiger partial charge is 0.306 e. The first-order valence-electron chi connectivity index (χ1n) is 10.6. The Hall–Kier alpha value is -1.47. The van der Waals surface area contributed by atoms with E-state index in [1.54, 1.807) is 0 Å². The van der Waals surface area contributed by atoms with Gasteiger partial charge in [0.25, 0.3) is 0 Å². The average molecular weight is 409 g/mol. The van der Waals surface area contributed by atoms with Crippen LogP contribution in [0.3, 0.4) is 0 Å². The molecule has 6 nitrogen and oxygen atoms in total. The molecule has 164 valence electrons. The lowest BCUT2D eigenvalue weighted by atomic mass is 9.96. The predicted octanol–water partition coefficient (Wildman–Crippen LogP) is 3.80. The van der Waals surface area contributed by atoms with Gasteiger partial charge in [0.15, 0.2) is 6.29 Å². The van der Waals surface area contributed by atoms with Crippen molar-refractivity contribution in [1.29, 1.82) is 0 Å². The molecule has 0 aromatic heterocycles. The number of esters is 1. The molecule has 1 saturated heterocycles. The summed E-state index contributed by atoms with van der Waals surface area (Å²) < 4.78 is 22.9. The molecule has 0 aliphatic carbocycles. The van der Waals surface area contributed by atoms with Crippen LogP contribution in [0, 0.1) is 5.41 Å². The van der Waals surface area contributed by atoms with Gasteiger partial charge in [-0.05, 0) is 43.7 Å². The Morgan fingerprint density at radius 1 is 1.34 bits per heavy atom. The molecule has 1 aliphatic heterocycles. The first kappa shape index (κ1) is 23.8. The fourth-order valence-corrected chi connectivity index (χ4v) is 3.13. The molecule has 0 bridgehead atoms. The van der Waals surface area contributed by atoms with Crippen molar-refractivity contribution in [1.82, 2.24) is 0 Å². The number of carbonyl (C=O) groups excluding carboxylic acids is 1. The number of hydrogen-bond donors (Lipinski definition) is 1. The van der Waals surface area contributed by atoms with Crippen molar-refractivity contribution in [2.24, 2.45) is 5.41 Å². The number of benzene rings is 1. The highest BCUT2D eigenvalue weighted by Gasteiger charge is 2.23. The van der Waals surface area contributed by atoms with E-state index < -0.39 is 0 Å². The maximum atomic E-state index is 11.7. The normalized spacial score (nSPS) is 18.4. The molecule has 0 radical (unpaired) electrons. The number of hydrogen-bond acceptors (Lipinski definition) is 6. The van der Waals surface area contributed by atoms with E-state index in [9.17, 15) is 9.90 Å². The maximum absolute atomic E-state index is 11.7. The third kappa shape index (κ3) is 8.83. The van der Waals surface area contributed by atoms with E-state index in [2.05, 4.69) is 6.07 Å². The van der Waals surface area contributed by atoms with Gasteiger partial charge in [0, 0.05) is 18.4 Å². The van der Waals surface area contributed by atoms with Crippen LogP contribution in [-0.2, 0) is 30.2 Å². The van der Waals surface area contributed by atoms with Crippen LogP contribution in [0.2, 0.25) is 0 Å². The minimum absolute atomic E-state index is 0.0631. The summed E-state index contributed by atoms with van der Waals surface area (Å²) in [4.78, 5) is 11.7. The Morgan fingerprint density at radius 3 is 2.86 bits per heavy atom. The van der Waals surface area contributed by atoms with Gasteiger partial charge >= 0.3 is 5.97 Å². The summed E-state index contributed by atoms with van der Waals surface area (Å²) >= 11 is 0. The lowest BCUT2D eigenvalue weighted by molar-refractivity contribution is -0.201. The fraction of sp³-hybridized carbons (Fsp3) is 0.696. The summed E-state index contributed by atoms with van der Waals surface area (Å²) in [7, 11) is 0. The number of carbonyl (C=O) groups is 1. The fourth-order valence-electron chi connectivity index (χ4n) is 3.13. The number of aliphatic hydroxyl groups is 1. The van der Waals surface area contributed by atoms with Gasteiger partial charge in [-0.25, -0.2) is 0 Å². The zero-order valence-corrected chi connectivity index (χ0v) is 18.0. The van der Waals surface area contributed by atoms with Crippen LogP contribution in [0.5, 0.6) is 0 Å². The van der Waals surface area contributed by atoms with Gasteiger partial charge in [0.1, 0.15) is 6.10 Å². The Morgan fingerprint density at radius 2 is 2.17 bits per heavy atom. The Labute approximate surface area is 174 Å². The van der Waals surface area contributed by atoms with Crippen LogP contribution in [-0.4, -0.2) is 50.4 Å². The molecule has 2 unspecified atom stereocenters. The molecule has 1 aromatic rings. The van der Waals surface area contributed by atoms with E-state index in [4.69, 9.17) is 18.9 Å². The minimum atomic E-state index is -0.298. The molecule has 1 aliphatic rings. The van der Waals surface area contributed by atoms with Crippen molar-refractivity contribution in [3.63, 3.8) is 0 Å². The van der Waals surface area contributed by atoms with Crippen molar-refractivity contribution in [2.45, 2.75) is 65.3 Å². The summed E-state index contributed by atoms with van der Waals surface area (Å²) in [5, 5.41) is 9.45. The van der Waals surface area contributed by atoms with Gasteiger partial charge < -0.3 is 24.1 Å².